The summed E-state index contributed by atoms with van der Waals surface area (Å²) in [6, 6.07) is 14.1. The van der Waals surface area contributed by atoms with E-state index >= 15 is 0 Å². The van der Waals surface area contributed by atoms with Crippen molar-refractivity contribution in [3.05, 3.63) is 96.1 Å². The SMILES string of the molecule is C=Cc1c[c-]c2c(c1)-c1cc(C=C)ccc1C2.CCCC[C](=[Zr+2])CCCC.[C-]1=CC=CC1.[Cl-].[Cl-]. The molecule has 0 atom stereocenters. The molecule has 0 N–H and O–H groups in total. The van der Waals surface area contributed by atoms with Gasteiger partial charge in [-0.2, -0.15) is 29.8 Å². The second-order valence-corrected chi connectivity index (χ2v) is 9.88. The Bertz CT molecular complexity index is 894. The van der Waals surface area contributed by atoms with Gasteiger partial charge in [0, 0.05) is 0 Å². The minimum absolute atomic E-state index is 0. The number of allylic oxidation sites excluding steroid dienone is 4. The molecular weight excluding hydrogens is 534 g/mol. The molecule has 2 aromatic rings. The molecule has 180 valence electrons. The zero-order chi connectivity index (χ0) is 23.2. The van der Waals surface area contributed by atoms with E-state index in [0.717, 1.165) is 18.4 Å². The second kappa shape index (κ2) is 19.0. The van der Waals surface area contributed by atoms with Gasteiger partial charge in [0.25, 0.3) is 0 Å². The minimum Gasteiger partial charge on any atom is -1.00 e. The second-order valence-electron chi connectivity index (χ2n) is 8.14. The van der Waals surface area contributed by atoms with Gasteiger partial charge in [0.2, 0.25) is 0 Å². The number of benzene rings is 2. The summed E-state index contributed by atoms with van der Waals surface area (Å²) in [5.74, 6) is 0. The fourth-order valence-electron chi connectivity index (χ4n) is 3.61. The molecule has 2 aromatic carbocycles. The van der Waals surface area contributed by atoms with Crippen LogP contribution in [0.3, 0.4) is 0 Å². The number of rotatable bonds is 8. The van der Waals surface area contributed by atoms with Gasteiger partial charge in [0.1, 0.15) is 0 Å². The molecule has 4 rings (SSSR count). The molecule has 0 spiro atoms. The summed E-state index contributed by atoms with van der Waals surface area (Å²) in [4.78, 5) is 0. The molecule has 2 aliphatic carbocycles. The summed E-state index contributed by atoms with van der Waals surface area (Å²) >= 11 is 1.67. The first-order valence-electron chi connectivity index (χ1n) is 11.8. The first kappa shape index (κ1) is 32.7. The van der Waals surface area contributed by atoms with Crippen molar-refractivity contribution in [2.24, 2.45) is 0 Å². The van der Waals surface area contributed by atoms with E-state index in [1.54, 1.807) is 27.4 Å². The van der Waals surface area contributed by atoms with Gasteiger partial charge < -0.3 is 24.8 Å². The van der Waals surface area contributed by atoms with Crippen molar-refractivity contribution in [3.8, 4) is 11.1 Å². The van der Waals surface area contributed by atoms with Gasteiger partial charge in [-0.25, -0.2) is 12.2 Å². The zero-order valence-corrected chi connectivity index (χ0v) is 24.6. The fourth-order valence-corrected chi connectivity index (χ4v) is 4.48. The topological polar surface area (TPSA) is 0 Å². The molecule has 3 heteroatoms. The van der Waals surface area contributed by atoms with Gasteiger partial charge in [-0.05, 0) is 12.0 Å². The van der Waals surface area contributed by atoms with Crippen LogP contribution in [0.1, 0.15) is 81.0 Å². The van der Waals surface area contributed by atoms with Gasteiger partial charge in [0.15, 0.2) is 0 Å². The summed E-state index contributed by atoms with van der Waals surface area (Å²) in [6.45, 7) is 12.2. The number of fused-ring (bicyclic) bond motifs is 3. The smallest absolute Gasteiger partial charge is 0.109 e. The average Bonchev–Trinajstić information content (AvgIpc) is 3.52. The number of hydrogen-bond donors (Lipinski definition) is 0. The van der Waals surface area contributed by atoms with Crippen LogP contribution in [0.25, 0.3) is 23.3 Å². The molecule has 0 heterocycles. The Morgan fingerprint density at radius 3 is 2.12 bits per heavy atom. The third-order valence-corrected chi connectivity index (χ3v) is 6.79. The molecule has 2 aliphatic rings. The normalized spacial score (nSPS) is 11.4. The molecule has 0 bridgehead atoms. The largest absolute Gasteiger partial charge is 1.00 e. The van der Waals surface area contributed by atoms with Crippen molar-refractivity contribution in [1.82, 2.24) is 0 Å². The third-order valence-electron chi connectivity index (χ3n) is 5.56. The summed E-state index contributed by atoms with van der Waals surface area (Å²) < 4.78 is 1.79. The van der Waals surface area contributed by atoms with Crippen LogP contribution < -0.4 is 24.8 Å². The monoisotopic (exact) mass is 568 g/mol. The van der Waals surface area contributed by atoms with Crippen LogP contribution in [-0.4, -0.2) is 3.21 Å². The standard InChI is InChI=1S/C17H13.C9H18.C5H5.2ClH.Zr/c1-3-12-5-7-14-11-15-8-6-13(4-2)10-17(15)16(14)9-12;1-3-5-7-9-8-6-4-2;1-2-4-5-3-1;;;/h3-7,9-10H,1-2,11H2;3-8H2,1-2H3;1-3H,4H2;2*1H;/q-1;;-1;;;+2/p-2. The van der Waals surface area contributed by atoms with Gasteiger partial charge in [-0.1, -0.05) is 42.0 Å². The number of halogens is 2. The fraction of sp³-hybridized carbons (Fsp3) is 0.323. The predicted molar refractivity (Wildman–Crippen MR) is 139 cm³/mol. The van der Waals surface area contributed by atoms with Crippen molar-refractivity contribution in [3.63, 3.8) is 0 Å². The van der Waals surface area contributed by atoms with Crippen molar-refractivity contribution in [1.29, 1.82) is 0 Å². The van der Waals surface area contributed by atoms with Gasteiger partial charge in [-0.3, -0.25) is 6.08 Å². The van der Waals surface area contributed by atoms with Crippen LogP contribution >= 0.6 is 0 Å². The number of unbranched alkanes of at least 4 members (excludes halogenated alkanes) is 2. The first-order valence-corrected chi connectivity index (χ1v) is 13.1. The molecular formula is C31H36Cl2Zr-2. The molecule has 0 fully saturated rings. The molecule has 0 radical (unpaired) electrons. The van der Waals surface area contributed by atoms with E-state index in [2.05, 4.69) is 69.5 Å². The van der Waals surface area contributed by atoms with E-state index in [1.165, 1.54) is 66.3 Å². The van der Waals surface area contributed by atoms with E-state index in [9.17, 15) is 0 Å². The van der Waals surface area contributed by atoms with Crippen molar-refractivity contribution < 1.29 is 49.0 Å². The summed E-state index contributed by atoms with van der Waals surface area (Å²) in [6.07, 6.45) is 23.1. The Kier molecular flexibility index (Phi) is 18.3. The Balaban J connectivity index is 0.000000549. The van der Waals surface area contributed by atoms with Crippen LogP contribution in [0.2, 0.25) is 0 Å². The zero-order valence-electron chi connectivity index (χ0n) is 20.6. The summed E-state index contributed by atoms with van der Waals surface area (Å²) in [7, 11) is 0. The van der Waals surface area contributed by atoms with Crippen LogP contribution in [0.15, 0.2) is 61.7 Å². The van der Waals surface area contributed by atoms with Gasteiger partial charge in [-0.15, -0.1) is 30.2 Å². The summed E-state index contributed by atoms with van der Waals surface area (Å²) in [5, 5.41) is 0. The van der Waals surface area contributed by atoms with E-state index in [4.69, 9.17) is 0 Å². The van der Waals surface area contributed by atoms with E-state index < -0.39 is 0 Å². The van der Waals surface area contributed by atoms with Crippen molar-refractivity contribution >= 4 is 15.4 Å². The van der Waals surface area contributed by atoms with Gasteiger partial charge >= 0.3 is 79.8 Å². The predicted octanol–water partition coefficient (Wildman–Crippen LogP) is 2.74. The average molecular weight is 571 g/mol. The van der Waals surface area contributed by atoms with Crippen LogP contribution in [-0.2, 0) is 30.7 Å². The molecule has 0 saturated carbocycles. The molecule has 34 heavy (non-hydrogen) atoms. The maximum Gasteiger partial charge on any atom is -0.109 e. The molecule has 0 saturated heterocycles. The van der Waals surface area contributed by atoms with E-state index in [-0.39, 0.29) is 24.8 Å². The van der Waals surface area contributed by atoms with Crippen molar-refractivity contribution in [2.75, 3.05) is 0 Å². The van der Waals surface area contributed by atoms with Crippen LogP contribution in [0, 0.1) is 12.1 Å². The molecule has 0 aromatic heterocycles. The number of hydrogen-bond acceptors (Lipinski definition) is 0. The molecule has 0 unspecified atom stereocenters. The Morgan fingerprint density at radius 1 is 0.971 bits per heavy atom. The van der Waals surface area contributed by atoms with E-state index in [1.807, 2.05) is 30.4 Å². The molecule has 0 aliphatic heterocycles. The maximum atomic E-state index is 3.82. The minimum atomic E-state index is 0. The Morgan fingerprint density at radius 2 is 1.62 bits per heavy atom. The van der Waals surface area contributed by atoms with Crippen LogP contribution in [0.5, 0.6) is 0 Å². The maximum absolute atomic E-state index is 3.82. The Hall–Kier alpha value is -1.27. The van der Waals surface area contributed by atoms with Gasteiger partial charge in [0.05, 0.1) is 0 Å². The van der Waals surface area contributed by atoms with Crippen LogP contribution in [0.4, 0.5) is 0 Å². The molecule has 0 amide bonds. The summed E-state index contributed by atoms with van der Waals surface area (Å²) in [5.41, 5.74) is 7.56. The van der Waals surface area contributed by atoms with E-state index in [0.29, 0.717) is 0 Å². The van der Waals surface area contributed by atoms with Crippen molar-refractivity contribution in [2.45, 2.75) is 65.2 Å². The quantitative estimate of drug-likeness (QED) is 0.366. The Labute approximate surface area is 235 Å². The third kappa shape index (κ3) is 11.0. The molecule has 0 nitrogen and oxygen atoms in total. The first-order chi connectivity index (χ1) is 15.6.